The van der Waals surface area contributed by atoms with Crippen LogP contribution in [0.15, 0.2) is 89.9 Å². The highest BCUT2D eigenvalue weighted by atomic mass is 32.1. The summed E-state index contributed by atoms with van der Waals surface area (Å²) in [7, 11) is 0. The first kappa shape index (κ1) is 21.0. The molecular weight excluding hydrogens is 432 g/mol. The van der Waals surface area contributed by atoms with Gasteiger partial charge in [-0.15, -0.1) is 0 Å². The van der Waals surface area contributed by atoms with E-state index in [-0.39, 0.29) is 17.8 Å². The lowest BCUT2D eigenvalue weighted by molar-refractivity contribution is -0.118. The summed E-state index contributed by atoms with van der Waals surface area (Å²) in [5, 5.41) is 5.57. The van der Waals surface area contributed by atoms with Gasteiger partial charge in [0.15, 0.2) is 5.13 Å². The zero-order valence-corrected chi connectivity index (χ0v) is 18.7. The fourth-order valence-corrected chi connectivity index (χ4v) is 4.87. The van der Waals surface area contributed by atoms with Gasteiger partial charge in [-0.2, -0.15) is 5.10 Å². The fraction of sp³-hybridized carbons (Fsp3) is 0.154. The lowest BCUT2D eigenvalue weighted by atomic mass is 10.1. The van der Waals surface area contributed by atoms with Gasteiger partial charge in [-0.1, -0.05) is 65.9 Å². The number of fused-ring (bicyclic) bond motifs is 2. The molecule has 33 heavy (non-hydrogen) atoms. The molecule has 0 aliphatic heterocycles. The minimum Gasteiger partial charge on any atom is -0.288 e. The molecule has 2 heterocycles. The molecular formula is C26H22N4O2S. The van der Waals surface area contributed by atoms with Crippen molar-refractivity contribution in [1.82, 2.24) is 14.8 Å². The number of hydrogen-bond acceptors (Lipinski definition) is 5. The van der Waals surface area contributed by atoms with Crippen molar-refractivity contribution in [2.45, 2.75) is 19.4 Å². The second-order valence-corrected chi connectivity index (χ2v) is 8.75. The van der Waals surface area contributed by atoms with E-state index in [4.69, 9.17) is 4.98 Å². The Kier molecular flexibility index (Phi) is 5.95. The van der Waals surface area contributed by atoms with Crippen LogP contribution in [-0.4, -0.2) is 27.2 Å². The first-order chi connectivity index (χ1) is 16.2. The van der Waals surface area contributed by atoms with Crippen LogP contribution in [0.4, 0.5) is 5.13 Å². The molecule has 3 aromatic carbocycles. The molecule has 0 bridgehead atoms. The van der Waals surface area contributed by atoms with E-state index < -0.39 is 0 Å². The van der Waals surface area contributed by atoms with Crippen LogP contribution >= 0.6 is 11.3 Å². The highest BCUT2D eigenvalue weighted by Crippen LogP contribution is 2.29. The SMILES string of the molecule is O=C(CCn1ncc(=O)c2ccccc21)N(CCc1ccccc1)c1nc2ccccc2s1. The Morgan fingerprint density at radius 1 is 0.939 bits per heavy atom. The van der Waals surface area contributed by atoms with Crippen LogP contribution in [-0.2, 0) is 17.8 Å². The first-order valence-corrected chi connectivity index (χ1v) is 11.7. The van der Waals surface area contributed by atoms with Crippen LogP contribution in [0.25, 0.3) is 21.1 Å². The maximum Gasteiger partial charge on any atom is 0.230 e. The standard InChI is InChI=1S/C26H22N4O2S/c31-23-18-27-30(22-12-6-4-10-20(22)23)17-15-25(32)29(16-14-19-8-2-1-3-9-19)26-28-21-11-5-7-13-24(21)33-26/h1-13,18H,14-17H2. The predicted molar refractivity (Wildman–Crippen MR) is 133 cm³/mol. The molecule has 7 heteroatoms. The summed E-state index contributed by atoms with van der Waals surface area (Å²) < 4.78 is 2.78. The number of hydrogen-bond donors (Lipinski definition) is 0. The van der Waals surface area contributed by atoms with Crippen molar-refractivity contribution in [2.75, 3.05) is 11.4 Å². The van der Waals surface area contributed by atoms with Gasteiger partial charge < -0.3 is 0 Å². The maximum atomic E-state index is 13.4. The third-order valence-corrected chi connectivity index (χ3v) is 6.64. The fourth-order valence-electron chi connectivity index (χ4n) is 3.86. The molecule has 0 saturated heterocycles. The summed E-state index contributed by atoms with van der Waals surface area (Å²) in [5.74, 6) is -0.0189. The second-order valence-electron chi connectivity index (χ2n) is 7.74. The molecule has 0 saturated carbocycles. The van der Waals surface area contributed by atoms with Gasteiger partial charge >= 0.3 is 0 Å². The van der Waals surface area contributed by atoms with Crippen molar-refractivity contribution in [3.8, 4) is 0 Å². The second kappa shape index (κ2) is 9.34. The highest BCUT2D eigenvalue weighted by Gasteiger charge is 2.20. The number of thiazole rings is 1. The van der Waals surface area contributed by atoms with Gasteiger partial charge in [0.1, 0.15) is 0 Å². The van der Waals surface area contributed by atoms with E-state index in [1.165, 1.54) is 23.1 Å². The molecule has 0 aliphatic rings. The third kappa shape index (κ3) is 4.54. The van der Waals surface area contributed by atoms with Crippen molar-refractivity contribution in [3.63, 3.8) is 0 Å². The predicted octanol–water partition coefficient (Wildman–Crippen LogP) is 4.67. The molecule has 164 valence electrons. The van der Waals surface area contributed by atoms with E-state index in [1.807, 2.05) is 60.7 Å². The number of carbonyl (C=O) groups excluding carboxylic acids is 1. The van der Waals surface area contributed by atoms with E-state index >= 15 is 0 Å². The number of nitrogens with zero attached hydrogens (tertiary/aromatic N) is 4. The summed E-state index contributed by atoms with van der Waals surface area (Å²) in [6, 6.07) is 25.4. The third-order valence-electron chi connectivity index (χ3n) is 5.58. The lowest BCUT2D eigenvalue weighted by Crippen LogP contribution is -2.33. The smallest absolute Gasteiger partial charge is 0.230 e. The van der Waals surface area contributed by atoms with Crippen LogP contribution in [0.3, 0.4) is 0 Å². The number of para-hydroxylation sites is 2. The summed E-state index contributed by atoms with van der Waals surface area (Å²) >= 11 is 1.53. The number of carbonyl (C=O) groups is 1. The Morgan fingerprint density at radius 2 is 1.70 bits per heavy atom. The molecule has 0 spiro atoms. The van der Waals surface area contributed by atoms with Crippen LogP contribution in [0.1, 0.15) is 12.0 Å². The molecule has 0 radical (unpaired) electrons. The van der Waals surface area contributed by atoms with Crippen molar-refractivity contribution in [3.05, 3.63) is 101 Å². The molecule has 0 aliphatic carbocycles. The number of rotatable bonds is 7. The number of aryl methyl sites for hydroxylation is 1. The Bertz CT molecular complexity index is 1440. The average Bonchev–Trinajstić information content (AvgIpc) is 3.28. The minimum atomic E-state index is -0.118. The van der Waals surface area contributed by atoms with Crippen LogP contribution in [0.2, 0.25) is 0 Å². The van der Waals surface area contributed by atoms with Gasteiger partial charge in [-0.05, 0) is 36.2 Å². The summed E-state index contributed by atoms with van der Waals surface area (Å²) in [6.07, 6.45) is 2.31. The zero-order valence-electron chi connectivity index (χ0n) is 17.9. The van der Waals surface area contributed by atoms with Crippen LogP contribution < -0.4 is 10.3 Å². The van der Waals surface area contributed by atoms with Crippen molar-refractivity contribution in [2.24, 2.45) is 0 Å². The van der Waals surface area contributed by atoms with Crippen molar-refractivity contribution < 1.29 is 4.79 Å². The first-order valence-electron chi connectivity index (χ1n) is 10.8. The molecule has 5 rings (SSSR count). The van der Waals surface area contributed by atoms with Gasteiger partial charge in [0.25, 0.3) is 0 Å². The summed E-state index contributed by atoms with van der Waals surface area (Å²) in [5.41, 5.74) is 2.67. The average molecular weight is 455 g/mol. The van der Waals surface area contributed by atoms with E-state index in [9.17, 15) is 9.59 Å². The maximum absolute atomic E-state index is 13.4. The van der Waals surface area contributed by atoms with Gasteiger partial charge in [0.2, 0.25) is 11.3 Å². The quantitative estimate of drug-likeness (QED) is 0.358. The van der Waals surface area contributed by atoms with Gasteiger partial charge in [0, 0.05) is 18.4 Å². The molecule has 6 nitrogen and oxygen atoms in total. The van der Waals surface area contributed by atoms with E-state index in [0.29, 0.717) is 23.6 Å². The molecule has 5 aromatic rings. The molecule has 0 fully saturated rings. The zero-order chi connectivity index (χ0) is 22.6. The van der Waals surface area contributed by atoms with Gasteiger partial charge in [-0.25, -0.2) is 4.98 Å². The highest BCUT2D eigenvalue weighted by molar-refractivity contribution is 7.22. The molecule has 2 aromatic heterocycles. The number of anilines is 1. The normalized spacial score (nSPS) is 11.2. The minimum absolute atomic E-state index is 0.0189. The van der Waals surface area contributed by atoms with E-state index in [1.54, 1.807) is 15.6 Å². The van der Waals surface area contributed by atoms with Gasteiger partial charge in [-0.3, -0.25) is 19.2 Å². The molecule has 0 N–H and O–H groups in total. The van der Waals surface area contributed by atoms with Crippen molar-refractivity contribution >= 4 is 43.5 Å². The number of benzene rings is 3. The Hall–Kier alpha value is -3.84. The number of aromatic nitrogens is 3. The van der Waals surface area contributed by atoms with Crippen molar-refractivity contribution in [1.29, 1.82) is 0 Å². The van der Waals surface area contributed by atoms with E-state index in [0.717, 1.165) is 22.2 Å². The molecule has 0 atom stereocenters. The Labute approximate surface area is 194 Å². The monoisotopic (exact) mass is 454 g/mol. The Balaban J connectivity index is 1.40. The Morgan fingerprint density at radius 3 is 2.55 bits per heavy atom. The lowest BCUT2D eigenvalue weighted by Gasteiger charge is -2.20. The van der Waals surface area contributed by atoms with Crippen LogP contribution in [0.5, 0.6) is 0 Å². The largest absolute Gasteiger partial charge is 0.288 e. The summed E-state index contributed by atoms with van der Waals surface area (Å²) in [4.78, 5) is 32.0. The number of amides is 1. The topological polar surface area (TPSA) is 68.1 Å². The van der Waals surface area contributed by atoms with E-state index in [2.05, 4.69) is 17.2 Å². The molecule has 1 amide bonds. The van der Waals surface area contributed by atoms with Gasteiger partial charge in [0.05, 0.1) is 28.5 Å². The summed E-state index contributed by atoms with van der Waals surface area (Å²) in [6.45, 7) is 0.924. The molecule has 0 unspecified atom stereocenters. The van der Waals surface area contributed by atoms with Crippen LogP contribution in [0, 0.1) is 0 Å².